The molecule has 0 unspecified atom stereocenters. The van der Waals surface area contributed by atoms with E-state index in [9.17, 15) is 0 Å². The van der Waals surface area contributed by atoms with Gasteiger partial charge in [0.1, 0.15) is 0 Å². The van der Waals surface area contributed by atoms with Gasteiger partial charge in [-0.1, -0.05) is 47.5 Å². The van der Waals surface area contributed by atoms with E-state index in [-0.39, 0.29) is 12.4 Å². The quantitative estimate of drug-likeness (QED) is 0.746. The average Bonchev–Trinajstić information content (AvgIpc) is 2.35. The van der Waals surface area contributed by atoms with Gasteiger partial charge in [-0.05, 0) is 55.4 Å². The Labute approximate surface area is 136 Å². The van der Waals surface area contributed by atoms with Gasteiger partial charge in [-0.25, -0.2) is 0 Å². The molecule has 0 aliphatic carbocycles. The van der Waals surface area contributed by atoms with Crippen molar-refractivity contribution in [1.29, 1.82) is 0 Å². The van der Waals surface area contributed by atoms with Crippen LogP contribution in [-0.2, 0) is 6.42 Å². The number of halogens is 3. The summed E-state index contributed by atoms with van der Waals surface area (Å²) in [5.74, 6) is 0. The lowest BCUT2D eigenvalue weighted by Crippen LogP contribution is -2.15. The predicted octanol–water partition coefficient (Wildman–Crippen LogP) is 5.19. The molecule has 2 rings (SSSR count). The van der Waals surface area contributed by atoms with E-state index in [1.54, 1.807) is 6.07 Å². The number of nitrogens with zero attached hydrogens (tertiary/aromatic N) is 1. The summed E-state index contributed by atoms with van der Waals surface area (Å²) in [6.45, 7) is 1.02. The molecule has 2 aromatic rings. The molecule has 1 nitrogen and oxygen atoms in total. The molecule has 2 aromatic carbocycles. The predicted molar refractivity (Wildman–Crippen MR) is 91.4 cm³/mol. The van der Waals surface area contributed by atoms with E-state index < -0.39 is 0 Å². The van der Waals surface area contributed by atoms with E-state index in [0.717, 1.165) is 18.5 Å². The highest BCUT2D eigenvalue weighted by Crippen LogP contribution is 2.29. The second-order valence-corrected chi connectivity index (χ2v) is 5.74. The molecule has 0 bridgehead atoms. The SMILES string of the molecule is CN(C)CCc1ccccc1-c1cc(Cl)cc(Cl)c1.Cl. The van der Waals surface area contributed by atoms with Crippen molar-refractivity contribution in [3.63, 3.8) is 0 Å². The molecule has 0 aliphatic heterocycles. The minimum absolute atomic E-state index is 0. The minimum Gasteiger partial charge on any atom is -0.309 e. The Balaban J connectivity index is 0.00000200. The summed E-state index contributed by atoms with van der Waals surface area (Å²) in [7, 11) is 4.16. The van der Waals surface area contributed by atoms with Crippen molar-refractivity contribution in [3.05, 3.63) is 58.1 Å². The molecule has 4 heteroatoms. The summed E-state index contributed by atoms with van der Waals surface area (Å²) in [4.78, 5) is 2.18. The Hall–Kier alpha value is -0.730. The third-order valence-corrected chi connectivity index (χ3v) is 3.46. The number of benzene rings is 2. The fourth-order valence-corrected chi connectivity index (χ4v) is 2.60. The first kappa shape index (κ1) is 17.3. The van der Waals surface area contributed by atoms with Crippen LogP contribution in [-0.4, -0.2) is 25.5 Å². The van der Waals surface area contributed by atoms with Gasteiger partial charge in [-0.2, -0.15) is 0 Å². The average molecular weight is 331 g/mol. The summed E-state index contributed by atoms with van der Waals surface area (Å²) in [6, 6.07) is 14.1. The summed E-state index contributed by atoms with van der Waals surface area (Å²) < 4.78 is 0. The lowest BCUT2D eigenvalue weighted by atomic mass is 9.97. The lowest BCUT2D eigenvalue weighted by Gasteiger charge is -2.13. The maximum absolute atomic E-state index is 6.09. The van der Waals surface area contributed by atoms with E-state index >= 15 is 0 Å². The topological polar surface area (TPSA) is 3.24 Å². The first-order valence-corrected chi connectivity index (χ1v) is 7.01. The molecule has 0 saturated carbocycles. The van der Waals surface area contributed by atoms with E-state index in [4.69, 9.17) is 23.2 Å². The molecule has 0 atom stereocenters. The van der Waals surface area contributed by atoms with Gasteiger partial charge >= 0.3 is 0 Å². The second-order valence-electron chi connectivity index (χ2n) is 4.87. The van der Waals surface area contributed by atoms with Gasteiger partial charge in [0.2, 0.25) is 0 Å². The van der Waals surface area contributed by atoms with Crippen LogP contribution in [0.4, 0.5) is 0 Å². The first-order valence-electron chi connectivity index (χ1n) is 6.25. The maximum Gasteiger partial charge on any atom is 0.0426 e. The third-order valence-electron chi connectivity index (χ3n) is 3.02. The van der Waals surface area contributed by atoms with Crippen LogP contribution in [0.15, 0.2) is 42.5 Å². The van der Waals surface area contributed by atoms with E-state index in [0.29, 0.717) is 10.0 Å². The summed E-state index contributed by atoms with van der Waals surface area (Å²) >= 11 is 12.2. The normalized spacial score (nSPS) is 10.4. The highest BCUT2D eigenvalue weighted by atomic mass is 35.5. The van der Waals surface area contributed by atoms with E-state index in [1.807, 2.05) is 18.2 Å². The lowest BCUT2D eigenvalue weighted by molar-refractivity contribution is 0.414. The molecule has 0 spiro atoms. The van der Waals surface area contributed by atoms with Crippen molar-refractivity contribution in [2.75, 3.05) is 20.6 Å². The van der Waals surface area contributed by atoms with Gasteiger partial charge < -0.3 is 4.90 Å². The third kappa shape index (κ3) is 4.68. The Morgan fingerprint density at radius 1 is 0.950 bits per heavy atom. The fourth-order valence-electron chi connectivity index (χ4n) is 2.07. The van der Waals surface area contributed by atoms with Gasteiger partial charge in [0, 0.05) is 16.6 Å². The molecule has 0 heterocycles. The van der Waals surface area contributed by atoms with Crippen LogP contribution in [0.25, 0.3) is 11.1 Å². The van der Waals surface area contributed by atoms with E-state index in [2.05, 4.69) is 37.2 Å². The van der Waals surface area contributed by atoms with Crippen molar-refractivity contribution >= 4 is 35.6 Å². The van der Waals surface area contributed by atoms with Crippen LogP contribution in [0.5, 0.6) is 0 Å². The molecule has 108 valence electrons. The first-order chi connectivity index (χ1) is 9.06. The van der Waals surface area contributed by atoms with Gasteiger partial charge in [0.15, 0.2) is 0 Å². The van der Waals surface area contributed by atoms with Crippen molar-refractivity contribution in [1.82, 2.24) is 4.90 Å². The van der Waals surface area contributed by atoms with Crippen molar-refractivity contribution in [2.24, 2.45) is 0 Å². The van der Waals surface area contributed by atoms with Crippen molar-refractivity contribution < 1.29 is 0 Å². The largest absolute Gasteiger partial charge is 0.309 e. The monoisotopic (exact) mass is 329 g/mol. The molecule has 0 radical (unpaired) electrons. The minimum atomic E-state index is 0. The molecule has 0 fully saturated rings. The Morgan fingerprint density at radius 3 is 2.15 bits per heavy atom. The molecule has 0 N–H and O–H groups in total. The van der Waals surface area contributed by atoms with Crippen LogP contribution in [0.2, 0.25) is 10.0 Å². The fraction of sp³-hybridized carbons (Fsp3) is 0.250. The number of hydrogen-bond donors (Lipinski definition) is 0. The Kier molecular flexibility index (Phi) is 6.84. The Morgan fingerprint density at radius 2 is 1.55 bits per heavy atom. The second kappa shape index (κ2) is 7.90. The highest BCUT2D eigenvalue weighted by molar-refractivity contribution is 6.35. The highest BCUT2D eigenvalue weighted by Gasteiger charge is 2.07. The van der Waals surface area contributed by atoms with Gasteiger partial charge in [0.05, 0.1) is 0 Å². The molecule has 20 heavy (non-hydrogen) atoms. The zero-order valence-electron chi connectivity index (χ0n) is 11.6. The van der Waals surface area contributed by atoms with Crippen LogP contribution in [0.1, 0.15) is 5.56 Å². The molecule has 0 saturated heterocycles. The van der Waals surface area contributed by atoms with Gasteiger partial charge in [0.25, 0.3) is 0 Å². The van der Waals surface area contributed by atoms with E-state index in [1.165, 1.54) is 11.1 Å². The number of rotatable bonds is 4. The summed E-state index contributed by atoms with van der Waals surface area (Å²) in [6.07, 6.45) is 1.01. The zero-order chi connectivity index (χ0) is 13.8. The van der Waals surface area contributed by atoms with Gasteiger partial charge in [-0.3, -0.25) is 0 Å². The summed E-state index contributed by atoms with van der Waals surface area (Å²) in [5, 5.41) is 1.34. The molecule has 0 aromatic heterocycles. The van der Waals surface area contributed by atoms with Crippen LogP contribution >= 0.6 is 35.6 Å². The van der Waals surface area contributed by atoms with Crippen LogP contribution in [0.3, 0.4) is 0 Å². The van der Waals surface area contributed by atoms with Crippen molar-refractivity contribution in [3.8, 4) is 11.1 Å². The molecular weight excluding hydrogens is 313 g/mol. The maximum atomic E-state index is 6.09. The summed E-state index contributed by atoms with van der Waals surface area (Å²) in [5.41, 5.74) is 3.59. The standard InChI is InChI=1S/C16H17Cl2N.ClH/c1-19(2)8-7-12-5-3-4-6-16(12)13-9-14(17)11-15(18)10-13;/h3-6,9-11H,7-8H2,1-2H3;1H. The molecule has 0 aliphatic rings. The molecule has 0 amide bonds. The zero-order valence-corrected chi connectivity index (χ0v) is 13.9. The number of hydrogen-bond acceptors (Lipinski definition) is 1. The Bertz CT molecular complexity index is 547. The molecular formula is C16H18Cl3N. The van der Waals surface area contributed by atoms with Crippen molar-refractivity contribution in [2.45, 2.75) is 6.42 Å². The number of likely N-dealkylation sites (N-methyl/N-ethyl adjacent to an activating group) is 1. The smallest absolute Gasteiger partial charge is 0.0426 e. The van der Waals surface area contributed by atoms with Crippen LogP contribution in [0, 0.1) is 0 Å². The van der Waals surface area contributed by atoms with Gasteiger partial charge in [-0.15, -0.1) is 12.4 Å². The van der Waals surface area contributed by atoms with Crippen LogP contribution < -0.4 is 0 Å².